The van der Waals surface area contributed by atoms with E-state index in [1.54, 1.807) is 29.4 Å². The van der Waals surface area contributed by atoms with Gasteiger partial charge >= 0.3 is 0 Å². The molecule has 1 aromatic carbocycles. The Hall–Kier alpha value is -2.83. The molecule has 152 valence electrons. The summed E-state index contributed by atoms with van der Waals surface area (Å²) in [4.78, 5) is 26.8. The minimum Gasteiger partial charge on any atom is -0.391 e. The van der Waals surface area contributed by atoms with Crippen LogP contribution in [0, 0.1) is 0 Å². The van der Waals surface area contributed by atoms with Gasteiger partial charge < -0.3 is 5.11 Å². The molecule has 2 atom stereocenters. The molecule has 0 spiro atoms. The van der Waals surface area contributed by atoms with E-state index in [2.05, 4.69) is 15.0 Å². The Balaban J connectivity index is 1.70. The fraction of sp³-hybridized carbons (Fsp3) is 0.304. The highest BCUT2D eigenvalue weighted by molar-refractivity contribution is 6.29. The van der Waals surface area contributed by atoms with E-state index in [1.165, 1.54) is 0 Å². The van der Waals surface area contributed by atoms with Gasteiger partial charge in [0.15, 0.2) is 0 Å². The van der Waals surface area contributed by atoms with Gasteiger partial charge in [-0.1, -0.05) is 30.5 Å². The molecule has 0 unspecified atom stereocenters. The number of hydrogen-bond acceptors (Lipinski definition) is 5. The molecule has 4 aromatic rings. The van der Waals surface area contributed by atoms with Crippen LogP contribution in [0.3, 0.4) is 0 Å². The molecule has 3 heterocycles. The van der Waals surface area contributed by atoms with Gasteiger partial charge in [-0.3, -0.25) is 14.3 Å². The molecule has 7 heteroatoms. The zero-order chi connectivity index (χ0) is 20.7. The molecule has 0 saturated heterocycles. The molecule has 0 bridgehead atoms. The SMILES string of the molecule is O=c1c2cc(Cc3ccc(Cl)nc3)c3ncccc3c2ncn1[C@H]1CCCC[C@@H]1O. The quantitative estimate of drug-likeness (QED) is 0.399. The Labute approximate surface area is 178 Å². The van der Waals surface area contributed by atoms with Gasteiger partial charge in [-0.2, -0.15) is 0 Å². The lowest BCUT2D eigenvalue weighted by atomic mass is 9.92. The number of aromatic nitrogens is 4. The molecule has 6 nitrogen and oxygen atoms in total. The van der Waals surface area contributed by atoms with E-state index in [9.17, 15) is 9.90 Å². The van der Waals surface area contributed by atoms with Crippen LogP contribution in [0.1, 0.15) is 42.9 Å². The average molecular weight is 421 g/mol. The molecule has 30 heavy (non-hydrogen) atoms. The number of rotatable bonds is 3. The van der Waals surface area contributed by atoms with Crippen molar-refractivity contribution in [2.75, 3.05) is 0 Å². The van der Waals surface area contributed by atoms with Crippen LogP contribution >= 0.6 is 11.6 Å². The van der Waals surface area contributed by atoms with Gasteiger partial charge in [-0.25, -0.2) is 9.97 Å². The van der Waals surface area contributed by atoms with Gasteiger partial charge in [0.2, 0.25) is 0 Å². The first-order valence-electron chi connectivity index (χ1n) is 10.2. The van der Waals surface area contributed by atoms with Crippen LogP contribution in [0.15, 0.2) is 53.8 Å². The Morgan fingerprint density at radius 1 is 1.07 bits per heavy atom. The number of aliphatic hydroxyl groups excluding tert-OH is 1. The summed E-state index contributed by atoms with van der Waals surface area (Å²) in [6.07, 6.45) is 8.62. The van der Waals surface area contributed by atoms with E-state index >= 15 is 0 Å². The first kappa shape index (κ1) is 19.2. The molecule has 3 aromatic heterocycles. The predicted octanol–water partition coefficient (Wildman–Crippen LogP) is 4.06. The molecule has 1 aliphatic rings. The fourth-order valence-electron chi connectivity index (χ4n) is 4.44. The van der Waals surface area contributed by atoms with Crippen molar-refractivity contribution in [2.45, 2.75) is 44.2 Å². The van der Waals surface area contributed by atoms with Gasteiger partial charge in [-0.15, -0.1) is 0 Å². The van der Waals surface area contributed by atoms with Crippen molar-refractivity contribution in [2.24, 2.45) is 0 Å². The molecule has 5 rings (SSSR count). The summed E-state index contributed by atoms with van der Waals surface area (Å²) >= 11 is 5.92. The van der Waals surface area contributed by atoms with Crippen LogP contribution in [0.5, 0.6) is 0 Å². The van der Waals surface area contributed by atoms with Crippen molar-refractivity contribution in [1.29, 1.82) is 0 Å². The smallest absolute Gasteiger partial charge is 0.261 e. The lowest BCUT2D eigenvalue weighted by molar-refractivity contribution is 0.0735. The van der Waals surface area contributed by atoms with E-state index in [4.69, 9.17) is 11.6 Å². The van der Waals surface area contributed by atoms with E-state index in [0.29, 0.717) is 28.9 Å². The van der Waals surface area contributed by atoms with Crippen LogP contribution in [0.2, 0.25) is 5.15 Å². The minimum atomic E-state index is -0.516. The van der Waals surface area contributed by atoms with Gasteiger partial charge in [0, 0.05) is 24.2 Å². The normalized spacial score (nSPS) is 19.4. The third-order valence-corrected chi connectivity index (χ3v) is 6.17. The van der Waals surface area contributed by atoms with Crippen LogP contribution in [0.4, 0.5) is 0 Å². The largest absolute Gasteiger partial charge is 0.391 e. The van der Waals surface area contributed by atoms with Crippen molar-refractivity contribution in [1.82, 2.24) is 19.5 Å². The number of pyridine rings is 2. The number of benzene rings is 1. The summed E-state index contributed by atoms with van der Waals surface area (Å²) < 4.78 is 1.61. The van der Waals surface area contributed by atoms with Crippen molar-refractivity contribution in [3.05, 3.63) is 75.7 Å². The topological polar surface area (TPSA) is 80.9 Å². The standard InChI is InChI=1S/C23H21ClN4O2/c24-20-8-7-14(12-26-20)10-15-11-17-22(16-4-3-9-25-21(15)16)27-13-28(23(17)30)18-5-1-2-6-19(18)29/h3-4,7-9,11-13,18-19,29H,1-2,5-6,10H2/t18-,19-/m0/s1. The molecule has 0 amide bonds. The second kappa shape index (κ2) is 7.78. The molecule has 1 aliphatic carbocycles. The monoisotopic (exact) mass is 420 g/mol. The summed E-state index contributed by atoms with van der Waals surface area (Å²) in [5, 5.41) is 12.3. The highest BCUT2D eigenvalue weighted by Crippen LogP contribution is 2.30. The number of hydrogen-bond donors (Lipinski definition) is 1. The average Bonchev–Trinajstić information content (AvgIpc) is 2.77. The van der Waals surface area contributed by atoms with Gasteiger partial charge in [0.05, 0.1) is 34.9 Å². The third-order valence-electron chi connectivity index (χ3n) is 5.95. The van der Waals surface area contributed by atoms with Crippen molar-refractivity contribution < 1.29 is 5.11 Å². The number of halogens is 1. The number of fused-ring (bicyclic) bond motifs is 3. The zero-order valence-electron chi connectivity index (χ0n) is 16.3. The minimum absolute atomic E-state index is 0.118. The third kappa shape index (κ3) is 3.36. The summed E-state index contributed by atoms with van der Waals surface area (Å²) in [6, 6.07) is 9.14. The van der Waals surface area contributed by atoms with Crippen molar-refractivity contribution >= 4 is 33.4 Å². The Morgan fingerprint density at radius 3 is 2.73 bits per heavy atom. The Bertz CT molecular complexity index is 1290. The molecule has 0 radical (unpaired) electrons. The second-order valence-corrected chi connectivity index (χ2v) is 8.26. The first-order chi connectivity index (χ1) is 14.6. The predicted molar refractivity (Wildman–Crippen MR) is 117 cm³/mol. The van der Waals surface area contributed by atoms with Gasteiger partial charge in [-0.05, 0) is 48.2 Å². The highest BCUT2D eigenvalue weighted by Gasteiger charge is 2.26. The molecule has 1 fully saturated rings. The van der Waals surface area contributed by atoms with E-state index in [0.717, 1.165) is 41.3 Å². The van der Waals surface area contributed by atoms with E-state index in [-0.39, 0.29) is 11.6 Å². The summed E-state index contributed by atoms with van der Waals surface area (Å²) in [7, 11) is 0. The fourth-order valence-corrected chi connectivity index (χ4v) is 4.55. The molecule has 0 aliphatic heterocycles. The van der Waals surface area contributed by atoms with Crippen LogP contribution in [-0.2, 0) is 6.42 Å². The highest BCUT2D eigenvalue weighted by atomic mass is 35.5. The van der Waals surface area contributed by atoms with Gasteiger partial charge in [0.25, 0.3) is 5.56 Å². The van der Waals surface area contributed by atoms with Crippen LogP contribution < -0.4 is 5.56 Å². The van der Waals surface area contributed by atoms with E-state index in [1.807, 2.05) is 24.3 Å². The van der Waals surface area contributed by atoms with Crippen LogP contribution in [0.25, 0.3) is 21.8 Å². The molecule has 1 saturated carbocycles. The maximum atomic E-state index is 13.4. The summed E-state index contributed by atoms with van der Waals surface area (Å²) in [6.45, 7) is 0. The maximum Gasteiger partial charge on any atom is 0.261 e. The lowest BCUT2D eigenvalue weighted by Crippen LogP contribution is -2.34. The Morgan fingerprint density at radius 2 is 1.93 bits per heavy atom. The second-order valence-electron chi connectivity index (χ2n) is 7.87. The number of aliphatic hydroxyl groups is 1. The van der Waals surface area contributed by atoms with E-state index < -0.39 is 6.10 Å². The number of nitrogens with zero attached hydrogens (tertiary/aromatic N) is 4. The molecular weight excluding hydrogens is 400 g/mol. The molecular formula is C23H21ClN4O2. The van der Waals surface area contributed by atoms with Crippen molar-refractivity contribution in [3.8, 4) is 0 Å². The Kier molecular flexibility index (Phi) is 4.97. The first-order valence-corrected chi connectivity index (χ1v) is 10.6. The maximum absolute atomic E-state index is 13.4. The van der Waals surface area contributed by atoms with Crippen LogP contribution in [-0.4, -0.2) is 30.7 Å². The van der Waals surface area contributed by atoms with Crippen molar-refractivity contribution in [3.63, 3.8) is 0 Å². The summed E-state index contributed by atoms with van der Waals surface area (Å²) in [5.74, 6) is 0. The lowest BCUT2D eigenvalue weighted by Gasteiger charge is -2.29. The zero-order valence-corrected chi connectivity index (χ0v) is 17.1. The molecule has 1 N–H and O–H groups in total. The summed E-state index contributed by atoms with van der Waals surface area (Å²) in [5.41, 5.74) is 3.26. The van der Waals surface area contributed by atoms with Gasteiger partial charge in [0.1, 0.15) is 5.15 Å².